The number of likely N-dealkylation sites (tertiary alicyclic amines) is 1. The van der Waals surface area contributed by atoms with Gasteiger partial charge in [0, 0.05) is 23.1 Å². The lowest BCUT2D eigenvalue weighted by atomic mass is 10.0. The third-order valence-corrected chi connectivity index (χ3v) is 4.44. The molecule has 1 amide bonds. The summed E-state index contributed by atoms with van der Waals surface area (Å²) in [4.78, 5) is 19.0. The zero-order valence-electron chi connectivity index (χ0n) is 13.2. The lowest BCUT2D eigenvalue weighted by Gasteiger charge is -2.28. The molecule has 5 heteroatoms. The van der Waals surface area contributed by atoms with Crippen LogP contribution >= 0.6 is 15.9 Å². The van der Waals surface area contributed by atoms with E-state index in [0.29, 0.717) is 0 Å². The normalized spacial score (nSPS) is 20.8. The fourth-order valence-corrected chi connectivity index (χ4v) is 3.45. The van der Waals surface area contributed by atoms with Crippen LogP contribution in [-0.2, 0) is 11.2 Å². The predicted octanol–water partition coefficient (Wildman–Crippen LogP) is 4.48. The maximum atomic E-state index is 12.4. The van der Waals surface area contributed by atoms with Gasteiger partial charge in [0.05, 0.1) is 11.7 Å². The number of hydrogen-bond acceptors (Lipinski definition) is 3. The molecule has 1 fully saturated rings. The summed E-state index contributed by atoms with van der Waals surface area (Å²) in [6.45, 7) is 6.45. The number of rotatable bonds is 1. The molecule has 0 spiro atoms. The summed E-state index contributed by atoms with van der Waals surface area (Å²) in [5, 5.41) is 0. The van der Waals surface area contributed by atoms with E-state index in [4.69, 9.17) is 9.73 Å². The monoisotopic (exact) mass is 364 g/mol. The Bertz CT molecular complexity index is 634. The predicted molar refractivity (Wildman–Crippen MR) is 90.9 cm³/mol. The van der Waals surface area contributed by atoms with E-state index >= 15 is 0 Å². The van der Waals surface area contributed by atoms with Crippen molar-refractivity contribution in [2.45, 2.75) is 51.7 Å². The van der Waals surface area contributed by atoms with Gasteiger partial charge in [-0.25, -0.2) is 4.79 Å². The molecule has 0 bridgehead atoms. The van der Waals surface area contributed by atoms with Crippen molar-refractivity contribution in [1.29, 1.82) is 0 Å². The molecule has 2 heterocycles. The molecule has 0 N–H and O–H groups in total. The molecule has 3 rings (SSSR count). The minimum Gasteiger partial charge on any atom is -0.444 e. The fraction of sp³-hybridized carbons (Fsp3) is 0.529. The number of fused-ring (bicyclic) bond motifs is 1. The van der Waals surface area contributed by atoms with Gasteiger partial charge in [-0.3, -0.25) is 9.89 Å². The Morgan fingerprint density at radius 3 is 2.91 bits per heavy atom. The smallest absolute Gasteiger partial charge is 0.410 e. The van der Waals surface area contributed by atoms with Gasteiger partial charge in [0.1, 0.15) is 5.60 Å². The number of ether oxygens (including phenoxy) is 1. The minimum atomic E-state index is -0.463. The van der Waals surface area contributed by atoms with E-state index < -0.39 is 5.60 Å². The van der Waals surface area contributed by atoms with E-state index in [1.54, 1.807) is 0 Å². The van der Waals surface area contributed by atoms with E-state index in [1.807, 2.05) is 37.8 Å². The molecule has 118 valence electrons. The molecular formula is C17H21BrN2O2. The first kappa shape index (κ1) is 15.5. The number of carbonyl (C=O) groups excluding carboxylic acids is 1. The third-order valence-electron chi connectivity index (χ3n) is 3.94. The average Bonchev–Trinajstić information content (AvgIpc) is 3.01. The molecular weight excluding hydrogens is 344 g/mol. The molecule has 0 unspecified atom stereocenters. The topological polar surface area (TPSA) is 41.9 Å². The lowest BCUT2D eigenvalue weighted by Crippen LogP contribution is -2.43. The van der Waals surface area contributed by atoms with Gasteiger partial charge < -0.3 is 4.74 Å². The van der Waals surface area contributed by atoms with Crippen molar-refractivity contribution in [3.8, 4) is 0 Å². The molecule has 0 saturated carbocycles. The standard InChI is InChI=1S/C17H21BrN2O2/c1-17(2,3)22-16(21)20-8-4-5-15(20)14-10-11-9-12(18)6-7-13(11)19-14/h6-7,9,15H,4-5,8,10H2,1-3H3/t15-/m0/s1. The maximum absolute atomic E-state index is 12.4. The van der Waals surface area contributed by atoms with Gasteiger partial charge in [-0.05, 0) is 57.4 Å². The number of halogens is 1. The molecule has 0 radical (unpaired) electrons. The van der Waals surface area contributed by atoms with Crippen LogP contribution in [0.5, 0.6) is 0 Å². The van der Waals surface area contributed by atoms with Crippen LogP contribution in [0.15, 0.2) is 27.7 Å². The first-order chi connectivity index (χ1) is 10.3. The quantitative estimate of drug-likeness (QED) is 0.737. The Balaban J connectivity index is 1.76. The molecule has 4 nitrogen and oxygen atoms in total. The maximum Gasteiger partial charge on any atom is 0.410 e. The summed E-state index contributed by atoms with van der Waals surface area (Å²) in [6.07, 6.45) is 2.56. The molecule has 2 aliphatic rings. The summed E-state index contributed by atoms with van der Waals surface area (Å²) in [5.74, 6) is 0. The first-order valence-electron chi connectivity index (χ1n) is 7.69. The molecule has 1 aromatic carbocycles. The van der Waals surface area contributed by atoms with Crippen molar-refractivity contribution < 1.29 is 9.53 Å². The highest BCUT2D eigenvalue weighted by Gasteiger charge is 2.36. The number of benzene rings is 1. The number of nitrogens with zero attached hydrogens (tertiary/aromatic N) is 2. The van der Waals surface area contributed by atoms with Crippen molar-refractivity contribution in [2.24, 2.45) is 4.99 Å². The van der Waals surface area contributed by atoms with Crippen molar-refractivity contribution in [3.05, 3.63) is 28.2 Å². The Kier molecular flexibility index (Phi) is 4.02. The summed E-state index contributed by atoms with van der Waals surface area (Å²) in [6, 6.07) is 6.21. The highest BCUT2D eigenvalue weighted by Crippen LogP contribution is 2.33. The second kappa shape index (κ2) is 5.69. The van der Waals surface area contributed by atoms with Crippen molar-refractivity contribution in [1.82, 2.24) is 4.90 Å². The molecule has 0 aromatic heterocycles. The van der Waals surface area contributed by atoms with Crippen LogP contribution in [0.25, 0.3) is 0 Å². The van der Waals surface area contributed by atoms with Crippen LogP contribution in [0.3, 0.4) is 0 Å². The zero-order valence-corrected chi connectivity index (χ0v) is 14.8. The highest BCUT2D eigenvalue weighted by atomic mass is 79.9. The van der Waals surface area contributed by atoms with Gasteiger partial charge >= 0.3 is 6.09 Å². The van der Waals surface area contributed by atoms with Crippen molar-refractivity contribution in [3.63, 3.8) is 0 Å². The van der Waals surface area contributed by atoms with Gasteiger partial charge in [0.2, 0.25) is 0 Å². The Labute approximate surface area is 139 Å². The minimum absolute atomic E-state index is 0.0704. The number of hydrogen-bond donors (Lipinski definition) is 0. The van der Waals surface area contributed by atoms with Crippen LogP contribution in [-0.4, -0.2) is 34.9 Å². The van der Waals surface area contributed by atoms with Crippen LogP contribution < -0.4 is 0 Å². The third kappa shape index (κ3) is 3.19. The summed E-state index contributed by atoms with van der Waals surface area (Å²) in [7, 11) is 0. The Hall–Kier alpha value is -1.36. The van der Waals surface area contributed by atoms with E-state index in [-0.39, 0.29) is 12.1 Å². The van der Waals surface area contributed by atoms with Gasteiger partial charge in [-0.15, -0.1) is 0 Å². The Morgan fingerprint density at radius 1 is 1.41 bits per heavy atom. The number of aliphatic imine (C=N–C) groups is 1. The fourth-order valence-electron chi connectivity index (χ4n) is 3.04. The van der Waals surface area contributed by atoms with E-state index in [1.165, 1.54) is 5.56 Å². The largest absolute Gasteiger partial charge is 0.444 e. The van der Waals surface area contributed by atoms with Crippen LogP contribution in [0.4, 0.5) is 10.5 Å². The summed E-state index contributed by atoms with van der Waals surface area (Å²) < 4.78 is 6.60. The van der Waals surface area contributed by atoms with E-state index in [0.717, 1.165) is 41.7 Å². The summed E-state index contributed by atoms with van der Waals surface area (Å²) >= 11 is 3.50. The van der Waals surface area contributed by atoms with Crippen LogP contribution in [0.1, 0.15) is 39.2 Å². The van der Waals surface area contributed by atoms with E-state index in [2.05, 4.69) is 22.0 Å². The van der Waals surface area contributed by atoms with Gasteiger partial charge in [-0.2, -0.15) is 0 Å². The van der Waals surface area contributed by atoms with Crippen molar-refractivity contribution >= 4 is 33.4 Å². The second-order valence-corrected chi connectivity index (χ2v) is 7.80. The molecule has 1 atom stereocenters. The zero-order chi connectivity index (χ0) is 15.9. The molecule has 0 aliphatic carbocycles. The molecule has 1 saturated heterocycles. The average molecular weight is 365 g/mol. The molecule has 2 aliphatic heterocycles. The van der Waals surface area contributed by atoms with Crippen LogP contribution in [0, 0.1) is 0 Å². The number of carbonyl (C=O) groups is 1. The van der Waals surface area contributed by atoms with E-state index in [9.17, 15) is 4.79 Å². The summed E-state index contributed by atoms with van der Waals surface area (Å²) in [5.41, 5.74) is 2.86. The Morgan fingerprint density at radius 2 is 2.18 bits per heavy atom. The lowest BCUT2D eigenvalue weighted by molar-refractivity contribution is 0.0265. The SMILES string of the molecule is CC(C)(C)OC(=O)N1CCC[C@H]1C1=Nc2ccc(Br)cc2C1. The van der Waals surface area contributed by atoms with Gasteiger partial charge in [-0.1, -0.05) is 15.9 Å². The van der Waals surface area contributed by atoms with Crippen molar-refractivity contribution in [2.75, 3.05) is 6.54 Å². The van der Waals surface area contributed by atoms with Crippen LogP contribution in [0.2, 0.25) is 0 Å². The van der Waals surface area contributed by atoms with Gasteiger partial charge in [0.15, 0.2) is 0 Å². The molecule has 22 heavy (non-hydrogen) atoms. The van der Waals surface area contributed by atoms with Gasteiger partial charge in [0.25, 0.3) is 0 Å². The number of amides is 1. The highest BCUT2D eigenvalue weighted by molar-refractivity contribution is 9.10. The second-order valence-electron chi connectivity index (χ2n) is 6.88. The first-order valence-corrected chi connectivity index (χ1v) is 8.48. The molecule has 1 aromatic rings.